The SMILES string of the molecule is [C-]#[N+]c1ccc(CC(=O)c2cccc(S(=O)(=O)N(c3ccc(C(C)=O)cc3)C3CC3)c2)cc1. The zero-order chi connectivity index (χ0) is 23.6. The molecule has 0 heterocycles. The number of hydrogen-bond acceptors (Lipinski definition) is 4. The summed E-state index contributed by atoms with van der Waals surface area (Å²) in [6.45, 7) is 8.48. The Kier molecular flexibility index (Phi) is 6.12. The molecule has 1 fully saturated rings. The molecule has 0 N–H and O–H groups in total. The Hall–Kier alpha value is -3.76. The summed E-state index contributed by atoms with van der Waals surface area (Å²) in [5.74, 6) is -0.288. The number of nitrogens with zero attached hydrogens (tertiary/aromatic N) is 2. The van der Waals surface area contributed by atoms with Crippen LogP contribution in [-0.2, 0) is 16.4 Å². The normalized spacial score (nSPS) is 13.2. The van der Waals surface area contributed by atoms with Gasteiger partial charge >= 0.3 is 0 Å². The van der Waals surface area contributed by atoms with E-state index >= 15 is 0 Å². The Bertz CT molecular complexity index is 1350. The van der Waals surface area contributed by atoms with Crippen LogP contribution in [0.2, 0.25) is 0 Å². The van der Waals surface area contributed by atoms with Gasteiger partial charge in [0.25, 0.3) is 10.0 Å². The summed E-state index contributed by atoms with van der Waals surface area (Å²) in [5, 5.41) is 0. The van der Waals surface area contributed by atoms with Crippen LogP contribution in [-0.4, -0.2) is 26.0 Å². The van der Waals surface area contributed by atoms with Crippen molar-refractivity contribution in [3.05, 3.63) is 101 Å². The predicted octanol–water partition coefficient (Wildman–Crippen LogP) is 5.22. The maximum absolute atomic E-state index is 13.6. The standard InChI is InChI=1S/C26H22N2O4S/c1-18(29)20-8-12-23(13-9-20)28(24-14-15-24)33(31,32)25-5-3-4-21(17-25)26(30)16-19-6-10-22(27-2)11-7-19/h3-13,17,24H,14-16H2,1H3. The molecule has 1 aliphatic rings. The number of hydrogen-bond donors (Lipinski definition) is 0. The van der Waals surface area contributed by atoms with Crippen molar-refractivity contribution in [2.24, 2.45) is 0 Å². The summed E-state index contributed by atoms with van der Waals surface area (Å²) in [6, 6.07) is 19.3. The number of rotatable bonds is 8. The van der Waals surface area contributed by atoms with Gasteiger partial charge in [-0.1, -0.05) is 36.4 Å². The van der Waals surface area contributed by atoms with Crippen LogP contribution in [0.5, 0.6) is 0 Å². The minimum absolute atomic E-state index is 0.0549. The van der Waals surface area contributed by atoms with E-state index in [0.29, 0.717) is 22.5 Å². The van der Waals surface area contributed by atoms with Gasteiger partial charge in [-0.3, -0.25) is 13.9 Å². The predicted molar refractivity (Wildman–Crippen MR) is 126 cm³/mol. The summed E-state index contributed by atoms with van der Waals surface area (Å²) in [4.78, 5) is 27.8. The van der Waals surface area contributed by atoms with Crippen LogP contribution in [0.15, 0.2) is 77.7 Å². The highest BCUT2D eigenvalue weighted by Crippen LogP contribution is 2.37. The van der Waals surface area contributed by atoms with Gasteiger partial charge in [0.1, 0.15) is 0 Å². The van der Waals surface area contributed by atoms with E-state index in [2.05, 4.69) is 4.85 Å². The molecule has 33 heavy (non-hydrogen) atoms. The fourth-order valence-electron chi connectivity index (χ4n) is 3.62. The molecule has 0 spiro atoms. The molecule has 3 aromatic rings. The highest BCUT2D eigenvalue weighted by atomic mass is 32.2. The van der Waals surface area contributed by atoms with Crippen molar-refractivity contribution in [1.29, 1.82) is 0 Å². The maximum Gasteiger partial charge on any atom is 0.264 e. The van der Waals surface area contributed by atoms with Gasteiger partial charge in [0, 0.05) is 23.6 Å². The molecule has 0 aliphatic heterocycles. The Labute approximate surface area is 193 Å². The lowest BCUT2D eigenvalue weighted by molar-refractivity contribution is 0.0990. The fourth-order valence-corrected chi connectivity index (χ4v) is 5.37. The third kappa shape index (κ3) is 4.86. The molecule has 0 amide bonds. The van der Waals surface area contributed by atoms with Crippen molar-refractivity contribution < 1.29 is 18.0 Å². The van der Waals surface area contributed by atoms with Crippen LogP contribution in [0.3, 0.4) is 0 Å². The quantitative estimate of drug-likeness (QED) is 0.342. The maximum atomic E-state index is 13.6. The molecule has 4 rings (SSSR count). The second-order valence-electron chi connectivity index (χ2n) is 8.04. The van der Waals surface area contributed by atoms with Gasteiger partial charge in [0.05, 0.1) is 17.2 Å². The van der Waals surface area contributed by atoms with Crippen molar-refractivity contribution in [3.63, 3.8) is 0 Å². The molecule has 0 aromatic heterocycles. The van der Waals surface area contributed by atoms with Crippen LogP contribution < -0.4 is 4.31 Å². The van der Waals surface area contributed by atoms with Crippen molar-refractivity contribution in [1.82, 2.24) is 0 Å². The van der Waals surface area contributed by atoms with Gasteiger partial charge in [-0.05, 0) is 61.7 Å². The molecule has 0 atom stereocenters. The lowest BCUT2D eigenvalue weighted by Crippen LogP contribution is -2.33. The van der Waals surface area contributed by atoms with E-state index < -0.39 is 10.0 Å². The molecule has 1 aliphatic carbocycles. The Morgan fingerprint density at radius 1 is 0.970 bits per heavy atom. The Morgan fingerprint density at radius 3 is 2.21 bits per heavy atom. The zero-order valence-electron chi connectivity index (χ0n) is 18.1. The summed E-state index contributed by atoms with van der Waals surface area (Å²) in [6.07, 6.45) is 1.63. The minimum atomic E-state index is -3.90. The Morgan fingerprint density at radius 2 is 1.64 bits per heavy atom. The second kappa shape index (κ2) is 9.00. The highest BCUT2D eigenvalue weighted by molar-refractivity contribution is 7.92. The highest BCUT2D eigenvalue weighted by Gasteiger charge is 2.38. The average Bonchev–Trinajstić information content (AvgIpc) is 3.65. The third-order valence-electron chi connectivity index (χ3n) is 5.55. The average molecular weight is 459 g/mol. The first kappa shape index (κ1) is 22.4. The lowest BCUT2D eigenvalue weighted by Gasteiger charge is -2.24. The van der Waals surface area contributed by atoms with Crippen molar-refractivity contribution in [2.45, 2.75) is 37.1 Å². The number of ketones is 2. The van der Waals surface area contributed by atoms with Crippen LogP contribution >= 0.6 is 0 Å². The van der Waals surface area contributed by atoms with Crippen molar-refractivity contribution >= 4 is 33.0 Å². The summed E-state index contributed by atoms with van der Waals surface area (Å²) in [5.41, 5.74) is 2.58. The molecule has 3 aromatic carbocycles. The minimum Gasteiger partial charge on any atom is -0.295 e. The molecule has 0 saturated heterocycles. The molecule has 7 heteroatoms. The lowest BCUT2D eigenvalue weighted by atomic mass is 10.0. The number of Topliss-reactive ketones (excluding diaryl/α,β-unsaturated/α-hetero) is 2. The van der Waals surface area contributed by atoms with Gasteiger partial charge in [-0.15, -0.1) is 0 Å². The number of carbonyl (C=O) groups excluding carboxylic acids is 2. The fraction of sp³-hybridized carbons (Fsp3) is 0.192. The first-order chi connectivity index (χ1) is 15.8. The van der Waals surface area contributed by atoms with Crippen LogP contribution in [0.4, 0.5) is 11.4 Å². The first-order valence-corrected chi connectivity index (χ1v) is 12.0. The monoisotopic (exact) mass is 458 g/mol. The van der Waals surface area contributed by atoms with Gasteiger partial charge in [0.15, 0.2) is 17.3 Å². The van der Waals surface area contributed by atoms with Gasteiger partial charge in [-0.2, -0.15) is 0 Å². The van der Waals surface area contributed by atoms with E-state index in [9.17, 15) is 18.0 Å². The van der Waals surface area contributed by atoms with E-state index in [-0.39, 0.29) is 28.9 Å². The molecule has 0 unspecified atom stereocenters. The number of anilines is 1. The van der Waals surface area contributed by atoms with E-state index in [0.717, 1.165) is 18.4 Å². The molecule has 6 nitrogen and oxygen atoms in total. The van der Waals surface area contributed by atoms with Crippen molar-refractivity contribution in [3.8, 4) is 0 Å². The number of benzene rings is 3. The smallest absolute Gasteiger partial charge is 0.264 e. The van der Waals surface area contributed by atoms with E-state index in [1.165, 1.54) is 23.4 Å². The van der Waals surface area contributed by atoms with E-state index in [1.807, 2.05) is 0 Å². The number of sulfonamides is 1. The summed E-state index contributed by atoms with van der Waals surface area (Å²) >= 11 is 0. The largest absolute Gasteiger partial charge is 0.295 e. The molecule has 0 radical (unpaired) electrons. The van der Waals surface area contributed by atoms with Gasteiger partial charge in [0.2, 0.25) is 0 Å². The topological polar surface area (TPSA) is 75.9 Å². The van der Waals surface area contributed by atoms with Gasteiger partial charge < -0.3 is 0 Å². The third-order valence-corrected chi connectivity index (χ3v) is 7.43. The summed E-state index contributed by atoms with van der Waals surface area (Å²) < 4.78 is 28.5. The van der Waals surface area contributed by atoms with Crippen LogP contribution in [0, 0.1) is 6.57 Å². The molecule has 0 bridgehead atoms. The van der Waals surface area contributed by atoms with Crippen LogP contribution in [0.1, 0.15) is 46.0 Å². The molecular formula is C26H22N2O4S. The zero-order valence-corrected chi connectivity index (χ0v) is 18.9. The summed E-state index contributed by atoms with van der Waals surface area (Å²) in [7, 11) is -3.90. The van der Waals surface area contributed by atoms with E-state index in [1.54, 1.807) is 60.7 Å². The Balaban J connectivity index is 1.61. The van der Waals surface area contributed by atoms with Gasteiger partial charge in [-0.25, -0.2) is 13.3 Å². The second-order valence-corrected chi connectivity index (χ2v) is 9.86. The molecule has 166 valence electrons. The molecular weight excluding hydrogens is 436 g/mol. The number of carbonyl (C=O) groups is 2. The van der Waals surface area contributed by atoms with Crippen molar-refractivity contribution in [2.75, 3.05) is 4.31 Å². The first-order valence-electron chi connectivity index (χ1n) is 10.5. The van der Waals surface area contributed by atoms with E-state index in [4.69, 9.17) is 6.57 Å². The van der Waals surface area contributed by atoms with Crippen LogP contribution in [0.25, 0.3) is 4.85 Å². The molecule has 1 saturated carbocycles.